The maximum absolute atomic E-state index is 11.6. The molecule has 0 bridgehead atoms. The minimum atomic E-state index is -3.82. The quantitative estimate of drug-likeness (QED) is 0.456. The Morgan fingerprint density at radius 1 is 1.28 bits per heavy atom. The number of hydrogen-bond acceptors (Lipinski definition) is 4. The molecular weight excluding hydrogens is 265 g/mol. The molecule has 0 saturated carbocycles. The molecule has 4 N–H and O–H groups in total. The molecule has 0 aliphatic rings. The van der Waals surface area contributed by atoms with Crippen LogP contribution in [0.25, 0.3) is 0 Å². The van der Waals surface area contributed by atoms with Gasteiger partial charge in [-0.3, -0.25) is 18.9 Å². The minimum absolute atomic E-state index is 0.227. The van der Waals surface area contributed by atoms with Crippen molar-refractivity contribution < 1.29 is 34.1 Å². The van der Waals surface area contributed by atoms with Crippen molar-refractivity contribution >= 4 is 25.2 Å². The predicted molar refractivity (Wildman–Crippen MR) is 61.4 cm³/mol. The maximum Gasteiger partial charge on any atom is 0.307 e. The minimum Gasteiger partial charge on any atom is -0.481 e. The predicted octanol–water partition coefficient (Wildman–Crippen LogP) is -0.0840. The van der Waals surface area contributed by atoms with Crippen LogP contribution in [-0.4, -0.2) is 45.4 Å². The van der Waals surface area contributed by atoms with Gasteiger partial charge in [0, 0.05) is 19.5 Å². The Morgan fingerprint density at radius 3 is 2.22 bits per heavy atom. The van der Waals surface area contributed by atoms with Gasteiger partial charge >= 0.3 is 11.9 Å². The topological polar surface area (TPSA) is 141 Å². The first kappa shape index (κ1) is 16.6. The zero-order valence-corrected chi connectivity index (χ0v) is 10.7. The Kier molecular flexibility index (Phi) is 6.57. The van der Waals surface area contributed by atoms with E-state index in [-0.39, 0.29) is 6.42 Å². The molecule has 18 heavy (non-hydrogen) atoms. The standard InChI is InChI=1S/C9H16NO7P/c1-6(11)10-5-18(16,17)4-7(9(14)15)2-3-8(12)13/h7H,2-5H2,1H3,(H,10,11)(H,12,13)(H,14,15)(H,16,17). The lowest BCUT2D eigenvalue weighted by Crippen LogP contribution is -2.25. The van der Waals surface area contributed by atoms with Crippen molar-refractivity contribution in [1.82, 2.24) is 5.32 Å². The van der Waals surface area contributed by atoms with Gasteiger partial charge in [0.2, 0.25) is 13.3 Å². The summed E-state index contributed by atoms with van der Waals surface area (Å²) in [7, 11) is -3.82. The summed E-state index contributed by atoms with van der Waals surface area (Å²) in [6.07, 6.45) is -1.69. The van der Waals surface area contributed by atoms with Crippen molar-refractivity contribution in [2.24, 2.45) is 5.92 Å². The van der Waals surface area contributed by atoms with E-state index in [1.54, 1.807) is 0 Å². The van der Waals surface area contributed by atoms with Gasteiger partial charge in [0.1, 0.15) is 0 Å². The van der Waals surface area contributed by atoms with Crippen LogP contribution in [0.5, 0.6) is 0 Å². The molecular formula is C9H16NO7P. The summed E-state index contributed by atoms with van der Waals surface area (Å²) in [6, 6.07) is 0. The van der Waals surface area contributed by atoms with E-state index in [9.17, 15) is 23.8 Å². The van der Waals surface area contributed by atoms with E-state index in [2.05, 4.69) is 5.32 Å². The molecule has 0 aromatic rings. The molecule has 0 heterocycles. The average Bonchev–Trinajstić information content (AvgIpc) is 2.21. The molecule has 0 rings (SSSR count). The molecule has 1 amide bonds. The second kappa shape index (κ2) is 7.13. The SMILES string of the molecule is CC(=O)NCP(=O)(O)CC(CCC(=O)O)C(=O)O. The smallest absolute Gasteiger partial charge is 0.307 e. The highest BCUT2D eigenvalue weighted by Crippen LogP contribution is 2.42. The highest BCUT2D eigenvalue weighted by Gasteiger charge is 2.29. The summed E-state index contributed by atoms with van der Waals surface area (Å²) >= 11 is 0. The van der Waals surface area contributed by atoms with E-state index in [0.717, 1.165) is 0 Å². The summed E-state index contributed by atoms with van der Waals surface area (Å²) in [5.74, 6) is -4.21. The van der Waals surface area contributed by atoms with Crippen LogP contribution >= 0.6 is 7.37 Å². The van der Waals surface area contributed by atoms with Crippen LogP contribution in [0.3, 0.4) is 0 Å². The van der Waals surface area contributed by atoms with Crippen LogP contribution in [0.15, 0.2) is 0 Å². The molecule has 0 aromatic heterocycles. The summed E-state index contributed by atoms with van der Waals surface area (Å²) in [6.45, 7) is 1.17. The first-order chi connectivity index (χ1) is 8.14. The summed E-state index contributed by atoms with van der Waals surface area (Å²) in [5, 5.41) is 19.4. The van der Waals surface area contributed by atoms with Gasteiger partial charge in [-0.1, -0.05) is 0 Å². The molecule has 0 spiro atoms. The fraction of sp³-hybridized carbons (Fsp3) is 0.667. The van der Waals surface area contributed by atoms with Gasteiger partial charge in [-0.15, -0.1) is 0 Å². The number of carbonyl (C=O) groups is 3. The third-order valence-corrected chi connectivity index (χ3v) is 3.80. The fourth-order valence-electron chi connectivity index (χ4n) is 1.23. The van der Waals surface area contributed by atoms with E-state index >= 15 is 0 Å². The lowest BCUT2D eigenvalue weighted by molar-refractivity contribution is -0.142. The zero-order chi connectivity index (χ0) is 14.3. The van der Waals surface area contributed by atoms with E-state index in [4.69, 9.17) is 10.2 Å². The van der Waals surface area contributed by atoms with Crippen molar-refractivity contribution in [2.45, 2.75) is 19.8 Å². The molecule has 0 aromatic carbocycles. The van der Waals surface area contributed by atoms with Gasteiger partial charge in [-0.25, -0.2) is 0 Å². The molecule has 0 aliphatic heterocycles. The number of nitrogens with one attached hydrogen (secondary N) is 1. The number of carbonyl (C=O) groups excluding carboxylic acids is 1. The number of hydrogen-bond donors (Lipinski definition) is 4. The van der Waals surface area contributed by atoms with Gasteiger partial charge in [0.05, 0.1) is 12.2 Å². The van der Waals surface area contributed by atoms with Crippen LogP contribution in [0.2, 0.25) is 0 Å². The zero-order valence-electron chi connectivity index (χ0n) is 9.83. The summed E-state index contributed by atoms with van der Waals surface area (Å²) < 4.78 is 11.6. The Balaban J connectivity index is 4.46. The van der Waals surface area contributed by atoms with Crippen LogP contribution in [0.1, 0.15) is 19.8 Å². The molecule has 0 aliphatic carbocycles. The molecule has 9 heteroatoms. The third-order valence-electron chi connectivity index (χ3n) is 2.14. The second-order valence-corrected chi connectivity index (χ2v) is 6.26. The monoisotopic (exact) mass is 281 g/mol. The molecule has 0 radical (unpaired) electrons. The second-order valence-electron chi connectivity index (χ2n) is 3.89. The highest BCUT2D eigenvalue weighted by atomic mass is 31.2. The highest BCUT2D eigenvalue weighted by molar-refractivity contribution is 7.58. The maximum atomic E-state index is 11.6. The first-order valence-corrected chi connectivity index (χ1v) is 7.17. The molecule has 2 unspecified atom stereocenters. The van der Waals surface area contributed by atoms with Crippen molar-refractivity contribution in [3.63, 3.8) is 0 Å². The number of amides is 1. The van der Waals surface area contributed by atoms with Crippen molar-refractivity contribution in [3.8, 4) is 0 Å². The van der Waals surface area contributed by atoms with Gasteiger partial charge in [-0.05, 0) is 6.42 Å². The van der Waals surface area contributed by atoms with E-state index in [1.165, 1.54) is 6.92 Å². The van der Waals surface area contributed by atoms with Crippen LogP contribution < -0.4 is 5.32 Å². The first-order valence-electron chi connectivity index (χ1n) is 5.14. The number of aliphatic carboxylic acids is 2. The lowest BCUT2D eigenvalue weighted by Gasteiger charge is -2.16. The van der Waals surface area contributed by atoms with Gasteiger partial charge in [0.15, 0.2) is 0 Å². The molecule has 104 valence electrons. The normalized spacial score (nSPS) is 15.4. The lowest BCUT2D eigenvalue weighted by atomic mass is 10.1. The van der Waals surface area contributed by atoms with Crippen molar-refractivity contribution in [2.75, 3.05) is 12.4 Å². The third kappa shape index (κ3) is 7.81. The summed E-state index contributed by atoms with van der Waals surface area (Å²) in [5.41, 5.74) is 0. The van der Waals surface area contributed by atoms with E-state index in [0.29, 0.717) is 0 Å². The van der Waals surface area contributed by atoms with E-state index in [1.807, 2.05) is 0 Å². The van der Waals surface area contributed by atoms with E-state index < -0.39 is 50.0 Å². The largest absolute Gasteiger partial charge is 0.481 e. The van der Waals surface area contributed by atoms with Gasteiger partial charge < -0.3 is 20.4 Å². The van der Waals surface area contributed by atoms with Crippen molar-refractivity contribution in [1.29, 1.82) is 0 Å². The molecule has 2 atom stereocenters. The molecule has 0 fully saturated rings. The summed E-state index contributed by atoms with van der Waals surface area (Å²) in [4.78, 5) is 41.2. The fourth-order valence-corrected chi connectivity index (χ4v) is 2.86. The van der Waals surface area contributed by atoms with Crippen LogP contribution in [0.4, 0.5) is 0 Å². The number of carboxylic acid groups (broad SMARTS) is 2. The Morgan fingerprint density at radius 2 is 1.83 bits per heavy atom. The number of rotatable bonds is 8. The van der Waals surface area contributed by atoms with Crippen LogP contribution in [0, 0.1) is 5.92 Å². The van der Waals surface area contributed by atoms with Crippen LogP contribution in [-0.2, 0) is 18.9 Å². The average molecular weight is 281 g/mol. The molecule has 8 nitrogen and oxygen atoms in total. The van der Waals surface area contributed by atoms with Gasteiger partial charge in [-0.2, -0.15) is 0 Å². The van der Waals surface area contributed by atoms with Crippen molar-refractivity contribution in [3.05, 3.63) is 0 Å². The molecule has 0 saturated heterocycles. The Labute approximate surface area is 103 Å². The number of carboxylic acids is 2. The van der Waals surface area contributed by atoms with Gasteiger partial charge in [0.25, 0.3) is 0 Å². The Hall–Kier alpha value is -1.40. The Bertz CT molecular complexity index is 381.